The third-order valence-corrected chi connectivity index (χ3v) is 11.2. The number of rotatable bonds is 4. The maximum atomic E-state index is 12.7. The van der Waals surface area contributed by atoms with E-state index in [0.29, 0.717) is 10.1 Å². The van der Waals surface area contributed by atoms with Gasteiger partial charge in [-0.15, -0.1) is 0 Å². The zero-order chi connectivity index (χ0) is 25.8. The number of hydrogen-bond donors (Lipinski definition) is 0. The quantitative estimate of drug-likeness (QED) is 0.217. The summed E-state index contributed by atoms with van der Waals surface area (Å²) in [5.41, 5.74) is 5.47. The van der Waals surface area contributed by atoms with Crippen LogP contribution in [0.5, 0.6) is 0 Å². The molecule has 0 fully saturated rings. The number of hydrazone groups is 1. The fourth-order valence-corrected chi connectivity index (χ4v) is 9.10. The van der Waals surface area contributed by atoms with E-state index in [0.717, 1.165) is 31.3 Å². The van der Waals surface area contributed by atoms with E-state index in [4.69, 9.17) is 16.7 Å². The van der Waals surface area contributed by atoms with Crippen LogP contribution in [-0.4, -0.2) is 10.8 Å². The highest BCUT2D eigenvalue weighted by molar-refractivity contribution is 9.10. The van der Waals surface area contributed by atoms with Gasteiger partial charge in [-0.3, -0.25) is 4.79 Å². The van der Waals surface area contributed by atoms with Crippen molar-refractivity contribution in [2.24, 2.45) is 5.10 Å². The third kappa shape index (κ3) is 4.10. The Labute approximate surface area is 245 Å². The van der Waals surface area contributed by atoms with Gasteiger partial charge >= 0.3 is 0 Å². The standard InChI is InChI=1S/C29H19Br2ClN2OS2/c1-18(35)27-33-34(24-16-14-23(32)15-17-24)29(36-27)26-5-3-2-4-25(26)28(37-29,19-6-10-21(30)11-7-19)20-8-12-22(31)13-9-20/h2-17H,1H3/t29-/m1/s1. The number of hydrogen-bond acceptors (Lipinski definition) is 5. The molecule has 3 nitrogen and oxygen atoms in total. The predicted molar refractivity (Wildman–Crippen MR) is 164 cm³/mol. The van der Waals surface area contributed by atoms with E-state index >= 15 is 0 Å². The molecule has 0 bridgehead atoms. The lowest BCUT2D eigenvalue weighted by atomic mass is 9.82. The van der Waals surface area contributed by atoms with Crippen LogP contribution in [0.15, 0.2) is 111 Å². The zero-order valence-corrected chi connectivity index (χ0v) is 25.1. The van der Waals surface area contributed by atoms with Crippen molar-refractivity contribution in [1.29, 1.82) is 0 Å². The highest BCUT2D eigenvalue weighted by Gasteiger charge is 2.61. The van der Waals surface area contributed by atoms with E-state index in [-0.39, 0.29) is 5.78 Å². The molecular formula is C29H19Br2ClN2OS2. The second-order valence-electron chi connectivity index (χ2n) is 8.78. The molecule has 0 aliphatic carbocycles. The molecule has 0 radical (unpaired) electrons. The largest absolute Gasteiger partial charge is 0.292 e. The minimum atomic E-state index is -0.703. The number of nitrogens with zero attached hydrogens (tertiary/aromatic N) is 2. The van der Waals surface area contributed by atoms with Gasteiger partial charge in [-0.2, -0.15) is 5.10 Å². The minimum absolute atomic E-state index is 0.0521. The van der Waals surface area contributed by atoms with Gasteiger partial charge in [-0.05, 0) is 65.2 Å². The summed E-state index contributed by atoms with van der Waals surface area (Å²) in [6, 6.07) is 33.2. The van der Waals surface area contributed by atoms with Crippen molar-refractivity contribution in [1.82, 2.24) is 0 Å². The SMILES string of the molecule is CC(=O)C1=NN(c2ccc(Cl)cc2)[C@]2(S1)SC(c1ccc(Br)cc1)(c1ccc(Br)cc1)c1ccccc12. The number of thioether (sulfide) groups is 2. The molecule has 37 heavy (non-hydrogen) atoms. The van der Waals surface area contributed by atoms with Crippen LogP contribution in [0.3, 0.4) is 0 Å². The molecule has 1 atom stereocenters. The minimum Gasteiger partial charge on any atom is -0.292 e. The molecule has 0 saturated heterocycles. The summed E-state index contributed by atoms with van der Waals surface area (Å²) in [5.74, 6) is -0.0521. The van der Waals surface area contributed by atoms with Crippen molar-refractivity contribution >= 4 is 83.5 Å². The summed E-state index contributed by atoms with van der Waals surface area (Å²) in [5, 5.41) is 8.02. The normalized spacial score (nSPS) is 19.7. The summed E-state index contributed by atoms with van der Waals surface area (Å²) < 4.78 is 0.796. The maximum absolute atomic E-state index is 12.7. The fourth-order valence-electron chi connectivity index (χ4n) is 4.88. The lowest BCUT2D eigenvalue weighted by molar-refractivity contribution is -0.110. The summed E-state index contributed by atoms with van der Waals surface area (Å²) in [4.78, 5) is 12.7. The number of carbonyl (C=O) groups is 1. The van der Waals surface area contributed by atoms with E-state index in [9.17, 15) is 4.79 Å². The first kappa shape index (κ1) is 25.3. The molecule has 8 heteroatoms. The Hall–Kier alpha value is -2.03. The Kier molecular flexibility index (Phi) is 6.56. The van der Waals surface area contributed by atoms with Gasteiger partial charge in [-0.1, -0.05) is 116 Å². The zero-order valence-electron chi connectivity index (χ0n) is 19.5. The predicted octanol–water partition coefficient (Wildman–Crippen LogP) is 9.17. The number of ketones is 1. The van der Waals surface area contributed by atoms with E-state index in [1.54, 1.807) is 18.7 Å². The summed E-state index contributed by atoms with van der Waals surface area (Å²) in [7, 11) is 0. The number of carbonyl (C=O) groups excluding carboxylic acids is 1. The van der Waals surface area contributed by atoms with Crippen LogP contribution < -0.4 is 5.01 Å². The van der Waals surface area contributed by atoms with Gasteiger partial charge in [0.25, 0.3) is 0 Å². The molecule has 1 spiro atoms. The molecule has 4 aromatic rings. The molecule has 0 amide bonds. The van der Waals surface area contributed by atoms with Gasteiger partial charge in [0.2, 0.25) is 0 Å². The lowest BCUT2D eigenvalue weighted by Gasteiger charge is -2.37. The molecule has 2 aliphatic heterocycles. The van der Waals surface area contributed by atoms with Crippen molar-refractivity contribution in [3.8, 4) is 0 Å². The van der Waals surface area contributed by atoms with Gasteiger partial charge in [0, 0.05) is 26.5 Å². The number of Topliss-reactive ketones (excluding diaryl/α,β-unsaturated/α-hetero) is 1. The topological polar surface area (TPSA) is 32.7 Å². The van der Waals surface area contributed by atoms with Crippen LogP contribution in [0.2, 0.25) is 5.02 Å². The number of benzene rings is 4. The van der Waals surface area contributed by atoms with Gasteiger partial charge in [0.15, 0.2) is 15.0 Å². The number of anilines is 1. The van der Waals surface area contributed by atoms with Gasteiger partial charge in [0.05, 0.1) is 10.4 Å². The monoisotopic (exact) mass is 668 g/mol. The van der Waals surface area contributed by atoms with Crippen molar-refractivity contribution in [3.63, 3.8) is 0 Å². The average Bonchev–Trinajstić information content (AvgIpc) is 3.43. The number of fused-ring (bicyclic) bond motifs is 2. The Morgan fingerprint density at radius 1 is 0.811 bits per heavy atom. The smallest absolute Gasteiger partial charge is 0.187 e. The second-order valence-corrected chi connectivity index (χ2v) is 13.9. The summed E-state index contributed by atoms with van der Waals surface area (Å²) in [6.07, 6.45) is 0. The molecule has 6 rings (SSSR count). The van der Waals surface area contributed by atoms with E-state index < -0.39 is 8.95 Å². The second kappa shape index (κ2) is 9.62. The Morgan fingerprint density at radius 2 is 1.35 bits per heavy atom. The van der Waals surface area contributed by atoms with Crippen molar-refractivity contribution in [3.05, 3.63) is 133 Å². The Morgan fingerprint density at radius 3 is 1.89 bits per heavy atom. The maximum Gasteiger partial charge on any atom is 0.187 e. The van der Waals surface area contributed by atoms with Crippen LogP contribution >= 0.6 is 67.0 Å². The molecule has 2 aliphatic rings. The van der Waals surface area contributed by atoms with Gasteiger partial charge in [0.1, 0.15) is 0 Å². The molecule has 0 saturated carbocycles. The third-order valence-electron chi connectivity index (χ3n) is 6.52. The van der Waals surface area contributed by atoms with Crippen LogP contribution in [0, 0.1) is 0 Å². The highest BCUT2D eigenvalue weighted by atomic mass is 79.9. The molecule has 4 aromatic carbocycles. The lowest BCUT2D eigenvalue weighted by Crippen LogP contribution is -2.34. The molecule has 0 unspecified atom stereocenters. The average molecular weight is 671 g/mol. The van der Waals surface area contributed by atoms with Gasteiger partial charge in [-0.25, -0.2) is 5.01 Å². The molecule has 2 heterocycles. The summed E-state index contributed by atoms with van der Waals surface area (Å²) >= 11 is 16.8. The summed E-state index contributed by atoms with van der Waals surface area (Å²) in [6.45, 7) is 1.58. The van der Waals surface area contributed by atoms with Crippen molar-refractivity contribution in [2.75, 3.05) is 5.01 Å². The Balaban J connectivity index is 1.64. The van der Waals surface area contributed by atoms with Gasteiger partial charge < -0.3 is 0 Å². The molecule has 0 N–H and O–H groups in total. The van der Waals surface area contributed by atoms with Crippen LogP contribution in [-0.2, 0) is 13.7 Å². The van der Waals surface area contributed by atoms with Crippen LogP contribution in [0.1, 0.15) is 29.2 Å². The van der Waals surface area contributed by atoms with Crippen molar-refractivity contribution < 1.29 is 4.79 Å². The van der Waals surface area contributed by atoms with Crippen LogP contribution in [0.4, 0.5) is 5.69 Å². The first-order valence-electron chi connectivity index (χ1n) is 11.5. The molecular weight excluding hydrogens is 652 g/mol. The van der Waals surface area contributed by atoms with E-state index in [1.807, 2.05) is 29.3 Å². The highest BCUT2D eigenvalue weighted by Crippen LogP contribution is 2.70. The molecule has 184 valence electrons. The van der Waals surface area contributed by atoms with E-state index in [1.165, 1.54) is 17.3 Å². The first-order chi connectivity index (χ1) is 17.8. The van der Waals surface area contributed by atoms with Crippen molar-refractivity contribution in [2.45, 2.75) is 15.9 Å². The van der Waals surface area contributed by atoms with Crippen LogP contribution in [0.25, 0.3) is 0 Å². The Bertz CT molecular complexity index is 1500. The molecule has 0 aromatic heterocycles. The van der Waals surface area contributed by atoms with E-state index in [2.05, 4.69) is 105 Å². The number of halogens is 3. The first-order valence-corrected chi connectivity index (χ1v) is 15.1. The fraction of sp³-hybridized carbons (Fsp3) is 0.103.